The van der Waals surface area contributed by atoms with Crippen molar-refractivity contribution >= 4 is 5.84 Å². The number of ether oxygens (including phenoxy) is 1. The molecule has 1 saturated heterocycles. The second kappa shape index (κ2) is 7.87. The van der Waals surface area contributed by atoms with Gasteiger partial charge in [0.15, 0.2) is 5.84 Å². The molecular weight excluding hydrogens is 254 g/mol. The number of amidine groups is 1. The molecule has 5 heteroatoms. The van der Waals surface area contributed by atoms with E-state index in [-0.39, 0.29) is 5.84 Å². The fourth-order valence-electron chi connectivity index (χ4n) is 2.43. The van der Waals surface area contributed by atoms with Crippen molar-refractivity contribution in [2.75, 3.05) is 13.2 Å². The Morgan fingerprint density at radius 1 is 1.45 bits per heavy atom. The maximum absolute atomic E-state index is 8.67. The Hall–Kier alpha value is -1.59. The van der Waals surface area contributed by atoms with Crippen molar-refractivity contribution in [1.82, 2.24) is 5.32 Å². The Labute approximate surface area is 119 Å². The van der Waals surface area contributed by atoms with Gasteiger partial charge in [0.2, 0.25) is 0 Å². The summed E-state index contributed by atoms with van der Waals surface area (Å²) in [5, 5.41) is 15.1. The van der Waals surface area contributed by atoms with Crippen LogP contribution in [0, 0.1) is 0 Å². The minimum absolute atomic E-state index is 0.141. The first-order valence-electron chi connectivity index (χ1n) is 7.19. The van der Waals surface area contributed by atoms with Gasteiger partial charge >= 0.3 is 0 Å². The molecule has 0 spiro atoms. The third kappa shape index (κ3) is 4.51. The number of nitrogens with one attached hydrogen (secondary N) is 1. The van der Waals surface area contributed by atoms with Gasteiger partial charge in [0.1, 0.15) is 0 Å². The zero-order chi connectivity index (χ0) is 14.2. The van der Waals surface area contributed by atoms with Crippen LogP contribution in [-0.2, 0) is 11.3 Å². The van der Waals surface area contributed by atoms with E-state index in [9.17, 15) is 0 Å². The number of benzene rings is 1. The van der Waals surface area contributed by atoms with Crippen molar-refractivity contribution in [3.8, 4) is 0 Å². The van der Waals surface area contributed by atoms with E-state index in [4.69, 9.17) is 15.7 Å². The standard InChI is InChI=1S/C15H23N3O2/c16-15(18-19)13-5-3-4-12(10-13)11-17-8-7-14-6-1-2-9-20-14/h3-5,10,14,17,19H,1-2,6-9,11H2,(H2,16,18). The summed E-state index contributed by atoms with van der Waals surface area (Å²) in [5.74, 6) is 0.141. The molecule has 1 fully saturated rings. The highest BCUT2D eigenvalue weighted by Crippen LogP contribution is 2.15. The molecule has 1 heterocycles. The summed E-state index contributed by atoms with van der Waals surface area (Å²) in [6.45, 7) is 2.63. The third-order valence-corrected chi connectivity index (χ3v) is 3.58. The summed E-state index contributed by atoms with van der Waals surface area (Å²) in [6, 6.07) is 7.69. The normalized spacial score (nSPS) is 20.0. The maximum atomic E-state index is 8.67. The molecule has 1 unspecified atom stereocenters. The number of nitrogens with two attached hydrogens (primary N) is 1. The number of nitrogens with zero attached hydrogens (tertiary/aromatic N) is 1. The SMILES string of the molecule is N/C(=N/O)c1cccc(CNCCC2CCCCO2)c1. The van der Waals surface area contributed by atoms with Crippen LogP contribution in [0.4, 0.5) is 0 Å². The van der Waals surface area contributed by atoms with Crippen molar-refractivity contribution in [3.63, 3.8) is 0 Å². The van der Waals surface area contributed by atoms with Crippen molar-refractivity contribution in [3.05, 3.63) is 35.4 Å². The van der Waals surface area contributed by atoms with Gasteiger partial charge in [0.25, 0.3) is 0 Å². The first-order chi connectivity index (χ1) is 9.79. The smallest absolute Gasteiger partial charge is 0.170 e. The molecule has 110 valence electrons. The molecule has 0 aliphatic carbocycles. The first-order valence-corrected chi connectivity index (χ1v) is 7.19. The topological polar surface area (TPSA) is 79.9 Å². The Morgan fingerprint density at radius 3 is 3.10 bits per heavy atom. The molecule has 0 amide bonds. The van der Waals surface area contributed by atoms with Crippen LogP contribution in [0.15, 0.2) is 29.4 Å². The van der Waals surface area contributed by atoms with E-state index in [0.717, 1.165) is 37.2 Å². The first kappa shape index (κ1) is 14.8. The van der Waals surface area contributed by atoms with Crippen molar-refractivity contribution in [2.24, 2.45) is 10.9 Å². The fourth-order valence-corrected chi connectivity index (χ4v) is 2.43. The zero-order valence-corrected chi connectivity index (χ0v) is 11.7. The molecule has 0 saturated carbocycles. The van der Waals surface area contributed by atoms with Crippen molar-refractivity contribution < 1.29 is 9.94 Å². The number of hydrogen-bond acceptors (Lipinski definition) is 4. The average molecular weight is 277 g/mol. The third-order valence-electron chi connectivity index (χ3n) is 3.58. The molecule has 1 aromatic carbocycles. The van der Waals surface area contributed by atoms with Crippen LogP contribution < -0.4 is 11.1 Å². The summed E-state index contributed by atoms with van der Waals surface area (Å²) in [7, 11) is 0. The van der Waals surface area contributed by atoms with Gasteiger partial charge < -0.3 is 21.0 Å². The average Bonchev–Trinajstić information content (AvgIpc) is 2.52. The van der Waals surface area contributed by atoms with Gasteiger partial charge in [-0.15, -0.1) is 0 Å². The Balaban J connectivity index is 1.73. The quantitative estimate of drug-likeness (QED) is 0.244. The molecule has 4 N–H and O–H groups in total. The number of oxime groups is 1. The van der Waals surface area contributed by atoms with E-state index < -0.39 is 0 Å². The highest BCUT2D eigenvalue weighted by atomic mass is 16.5. The highest BCUT2D eigenvalue weighted by molar-refractivity contribution is 5.97. The molecular formula is C15H23N3O2. The van der Waals surface area contributed by atoms with Crippen LogP contribution in [-0.4, -0.2) is 30.3 Å². The van der Waals surface area contributed by atoms with Crippen LogP contribution in [0.1, 0.15) is 36.8 Å². The lowest BCUT2D eigenvalue weighted by molar-refractivity contribution is 0.0115. The van der Waals surface area contributed by atoms with Crippen molar-refractivity contribution in [1.29, 1.82) is 0 Å². The zero-order valence-electron chi connectivity index (χ0n) is 11.7. The number of hydrogen-bond donors (Lipinski definition) is 3. The summed E-state index contributed by atoms with van der Waals surface area (Å²) in [5.41, 5.74) is 7.44. The van der Waals surface area contributed by atoms with E-state index in [1.807, 2.05) is 24.3 Å². The lowest BCUT2D eigenvalue weighted by Gasteiger charge is -2.22. The van der Waals surface area contributed by atoms with Gasteiger partial charge in [-0.05, 0) is 43.9 Å². The van der Waals surface area contributed by atoms with Crippen LogP contribution in [0.2, 0.25) is 0 Å². The van der Waals surface area contributed by atoms with Crippen LogP contribution >= 0.6 is 0 Å². The molecule has 1 aliphatic heterocycles. The van der Waals surface area contributed by atoms with Gasteiger partial charge in [0, 0.05) is 18.7 Å². The van der Waals surface area contributed by atoms with E-state index in [1.165, 1.54) is 19.3 Å². The van der Waals surface area contributed by atoms with Gasteiger partial charge in [-0.25, -0.2) is 0 Å². The second-order valence-electron chi connectivity index (χ2n) is 5.14. The maximum Gasteiger partial charge on any atom is 0.170 e. The van der Waals surface area contributed by atoms with Gasteiger partial charge in [-0.2, -0.15) is 0 Å². The van der Waals surface area contributed by atoms with Crippen LogP contribution in [0.3, 0.4) is 0 Å². The van der Waals surface area contributed by atoms with Gasteiger partial charge in [-0.1, -0.05) is 23.4 Å². The molecule has 0 radical (unpaired) electrons. The fraction of sp³-hybridized carbons (Fsp3) is 0.533. The molecule has 1 aliphatic rings. The molecule has 20 heavy (non-hydrogen) atoms. The Bertz CT molecular complexity index is 442. The number of rotatable bonds is 6. The van der Waals surface area contributed by atoms with E-state index in [2.05, 4.69) is 10.5 Å². The summed E-state index contributed by atoms with van der Waals surface area (Å²) >= 11 is 0. The molecule has 2 rings (SSSR count). The van der Waals surface area contributed by atoms with E-state index in [0.29, 0.717) is 6.10 Å². The van der Waals surface area contributed by atoms with Crippen LogP contribution in [0.25, 0.3) is 0 Å². The Kier molecular flexibility index (Phi) is 5.83. The lowest BCUT2D eigenvalue weighted by atomic mass is 10.1. The van der Waals surface area contributed by atoms with Crippen LogP contribution in [0.5, 0.6) is 0 Å². The molecule has 0 aromatic heterocycles. The van der Waals surface area contributed by atoms with E-state index in [1.54, 1.807) is 0 Å². The second-order valence-corrected chi connectivity index (χ2v) is 5.14. The minimum atomic E-state index is 0.141. The predicted molar refractivity (Wildman–Crippen MR) is 78.9 cm³/mol. The molecule has 1 aromatic rings. The van der Waals surface area contributed by atoms with Gasteiger partial charge in [0.05, 0.1) is 6.10 Å². The summed E-state index contributed by atoms with van der Waals surface area (Å²) < 4.78 is 5.70. The van der Waals surface area contributed by atoms with Crippen molar-refractivity contribution in [2.45, 2.75) is 38.3 Å². The summed E-state index contributed by atoms with van der Waals surface area (Å²) in [6.07, 6.45) is 5.14. The Morgan fingerprint density at radius 2 is 2.35 bits per heavy atom. The lowest BCUT2D eigenvalue weighted by Crippen LogP contribution is -2.25. The summed E-state index contributed by atoms with van der Waals surface area (Å²) in [4.78, 5) is 0. The predicted octanol–water partition coefficient (Wildman–Crippen LogP) is 1.83. The molecule has 0 bridgehead atoms. The molecule has 5 nitrogen and oxygen atoms in total. The minimum Gasteiger partial charge on any atom is -0.409 e. The monoisotopic (exact) mass is 277 g/mol. The van der Waals surface area contributed by atoms with Gasteiger partial charge in [-0.3, -0.25) is 0 Å². The largest absolute Gasteiger partial charge is 0.409 e. The molecule has 1 atom stereocenters. The highest BCUT2D eigenvalue weighted by Gasteiger charge is 2.12. The van der Waals surface area contributed by atoms with E-state index >= 15 is 0 Å².